The van der Waals surface area contributed by atoms with Gasteiger partial charge in [-0.1, -0.05) is 12.1 Å². The molecule has 66 valence electrons. The minimum Gasteiger partial charge on any atom is -0.390 e. The lowest BCUT2D eigenvalue weighted by Crippen LogP contribution is -2.21. The molecule has 0 saturated carbocycles. The summed E-state index contributed by atoms with van der Waals surface area (Å²) in [7, 11) is 0. The molecule has 1 rings (SSSR count). The lowest BCUT2D eigenvalue weighted by molar-refractivity contribution is 0.0809. The van der Waals surface area contributed by atoms with Crippen LogP contribution in [0.1, 0.15) is 19.4 Å². The van der Waals surface area contributed by atoms with Crippen molar-refractivity contribution in [2.75, 3.05) is 0 Å². The van der Waals surface area contributed by atoms with Crippen LogP contribution in [0.4, 0.5) is 4.39 Å². The van der Waals surface area contributed by atoms with Gasteiger partial charge in [0.15, 0.2) is 0 Å². The third-order valence-corrected chi connectivity index (χ3v) is 1.53. The van der Waals surface area contributed by atoms with Gasteiger partial charge in [0.1, 0.15) is 5.82 Å². The van der Waals surface area contributed by atoms with Crippen LogP contribution >= 0.6 is 0 Å². The van der Waals surface area contributed by atoms with Crippen molar-refractivity contribution in [3.05, 3.63) is 35.6 Å². The first-order valence-corrected chi connectivity index (χ1v) is 3.94. The SMILES string of the molecule is CC(C)(O)Cc1cccc(F)c1. The largest absolute Gasteiger partial charge is 0.390 e. The highest BCUT2D eigenvalue weighted by Crippen LogP contribution is 2.12. The molecule has 1 nitrogen and oxygen atoms in total. The normalized spacial score (nSPS) is 11.7. The van der Waals surface area contributed by atoms with Crippen molar-refractivity contribution in [3.8, 4) is 0 Å². The first-order chi connectivity index (χ1) is 5.47. The molecule has 1 aromatic rings. The maximum absolute atomic E-state index is 12.7. The van der Waals surface area contributed by atoms with Gasteiger partial charge in [-0.25, -0.2) is 4.39 Å². The van der Waals surface area contributed by atoms with Crippen LogP contribution in [0.5, 0.6) is 0 Å². The van der Waals surface area contributed by atoms with Gasteiger partial charge in [-0.05, 0) is 31.5 Å². The molecule has 0 radical (unpaired) electrons. The molecule has 0 bridgehead atoms. The second-order valence-electron chi connectivity index (χ2n) is 3.62. The van der Waals surface area contributed by atoms with Crippen LogP contribution in [0, 0.1) is 5.82 Å². The maximum atomic E-state index is 12.7. The molecule has 0 heterocycles. The summed E-state index contributed by atoms with van der Waals surface area (Å²) in [5.41, 5.74) is 0.0517. The Hall–Kier alpha value is -0.890. The fraction of sp³-hybridized carbons (Fsp3) is 0.400. The quantitative estimate of drug-likeness (QED) is 0.717. The van der Waals surface area contributed by atoms with E-state index in [9.17, 15) is 9.50 Å². The Morgan fingerprint density at radius 3 is 2.58 bits per heavy atom. The molecule has 0 amide bonds. The predicted octanol–water partition coefficient (Wildman–Crippen LogP) is 2.14. The van der Waals surface area contributed by atoms with E-state index < -0.39 is 5.60 Å². The summed E-state index contributed by atoms with van der Waals surface area (Å²) in [6.07, 6.45) is 0.477. The van der Waals surface area contributed by atoms with Gasteiger partial charge < -0.3 is 5.11 Å². The topological polar surface area (TPSA) is 20.2 Å². The fourth-order valence-corrected chi connectivity index (χ4v) is 1.15. The molecule has 0 fully saturated rings. The average Bonchev–Trinajstić information content (AvgIpc) is 1.82. The molecule has 0 aliphatic carbocycles. The van der Waals surface area contributed by atoms with Crippen LogP contribution in [-0.2, 0) is 6.42 Å². The van der Waals surface area contributed by atoms with E-state index >= 15 is 0 Å². The van der Waals surface area contributed by atoms with Gasteiger partial charge >= 0.3 is 0 Å². The predicted molar refractivity (Wildman–Crippen MR) is 46.4 cm³/mol. The fourth-order valence-electron chi connectivity index (χ4n) is 1.15. The van der Waals surface area contributed by atoms with Gasteiger partial charge in [-0.2, -0.15) is 0 Å². The zero-order chi connectivity index (χ0) is 9.19. The summed E-state index contributed by atoms with van der Waals surface area (Å²) in [6, 6.07) is 6.29. The van der Waals surface area contributed by atoms with E-state index in [4.69, 9.17) is 0 Å². The summed E-state index contributed by atoms with van der Waals surface area (Å²) in [5, 5.41) is 9.44. The number of halogens is 1. The summed E-state index contributed by atoms with van der Waals surface area (Å²) in [6.45, 7) is 3.41. The van der Waals surface area contributed by atoms with E-state index in [1.807, 2.05) is 0 Å². The summed E-state index contributed by atoms with van der Waals surface area (Å²) in [5.74, 6) is -0.253. The molecule has 0 aliphatic heterocycles. The van der Waals surface area contributed by atoms with E-state index in [-0.39, 0.29) is 5.82 Å². The van der Waals surface area contributed by atoms with Crippen molar-refractivity contribution >= 4 is 0 Å². The first kappa shape index (κ1) is 9.20. The van der Waals surface area contributed by atoms with Crippen molar-refractivity contribution in [2.45, 2.75) is 25.9 Å². The lowest BCUT2D eigenvalue weighted by atomic mass is 9.99. The molecule has 2 heteroatoms. The molecule has 0 atom stereocenters. The van der Waals surface area contributed by atoms with E-state index in [1.165, 1.54) is 12.1 Å². The Morgan fingerprint density at radius 2 is 2.08 bits per heavy atom. The Kier molecular flexibility index (Phi) is 2.48. The smallest absolute Gasteiger partial charge is 0.123 e. The van der Waals surface area contributed by atoms with Crippen LogP contribution in [0.3, 0.4) is 0 Å². The standard InChI is InChI=1S/C10H13FO/c1-10(2,12)7-8-4-3-5-9(11)6-8/h3-6,12H,7H2,1-2H3. The minimum atomic E-state index is -0.770. The molecule has 12 heavy (non-hydrogen) atoms. The highest BCUT2D eigenvalue weighted by atomic mass is 19.1. The van der Waals surface area contributed by atoms with Crippen molar-refractivity contribution < 1.29 is 9.50 Å². The van der Waals surface area contributed by atoms with Crippen LogP contribution < -0.4 is 0 Å². The Morgan fingerprint density at radius 1 is 1.42 bits per heavy atom. The minimum absolute atomic E-state index is 0.253. The number of rotatable bonds is 2. The van der Waals surface area contributed by atoms with Crippen LogP contribution in [0.15, 0.2) is 24.3 Å². The Balaban J connectivity index is 2.77. The van der Waals surface area contributed by atoms with E-state index in [2.05, 4.69) is 0 Å². The van der Waals surface area contributed by atoms with Crippen molar-refractivity contribution in [2.24, 2.45) is 0 Å². The van der Waals surface area contributed by atoms with Gasteiger partial charge in [0, 0.05) is 6.42 Å². The van der Waals surface area contributed by atoms with Gasteiger partial charge in [0.2, 0.25) is 0 Å². The van der Waals surface area contributed by atoms with E-state index in [0.717, 1.165) is 5.56 Å². The maximum Gasteiger partial charge on any atom is 0.123 e. The number of benzene rings is 1. The van der Waals surface area contributed by atoms with Gasteiger partial charge in [0.05, 0.1) is 5.60 Å². The molecule has 0 spiro atoms. The lowest BCUT2D eigenvalue weighted by Gasteiger charge is -2.16. The molecule has 1 aromatic carbocycles. The van der Waals surface area contributed by atoms with Crippen molar-refractivity contribution in [1.29, 1.82) is 0 Å². The van der Waals surface area contributed by atoms with E-state index in [0.29, 0.717) is 6.42 Å². The molecular formula is C10H13FO. The first-order valence-electron chi connectivity index (χ1n) is 3.94. The molecule has 0 aliphatic rings. The van der Waals surface area contributed by atoms with Crippen LogP contribution in [-0.4, -0.2) is 10.7 Å². The van der Waals surface area contributed by atoms with Gasteiger partial charge in [-0.3, -0.25) is 0 Å². The van der Waals surface area contributed by atoms with Crippen molar-refractivity contribution in [1.82, 2.24) is 0 Å². The second-order valence-corrected chi connectivity index (χ2v) is 3.62. The average molecular weight is 168 g/mol. The molecule has 0 unspecified atom stereocenters. The zero-order valence-electron chi connectivity index (χ0n) is 7.34. The summed E-state index contributed by atoms with van der Waals surface area (Å²) < 4.78 is 12.7. The van der Waals surface area contributed by atoms with Crippen LogP contribution in [0.25, 0.3) is 0 Å². The van der Waals surface area contributed by atoms with Gasteiger partial charge in [0.25, 0.3) is 0 Å². The molecule has 0 aromatic heterocycles. The van der Waals surface area contributed by atoms with Crippen molar-refractivity contribution in [3.63, 3.8) is 0 Å². The number of hydrogen-bond acceptors (Lipinski definition) is 1. The van der Waals surface area contributed by atoms with Crippen LogP contribution in [0.2, 0.25) is 0 Å². The third-order valence-electron chi connectivity index (χ3n) is 1.53. The molecule has 0 saturated heterocycles. The monoisotopic (exact) mass is 168 g/mol. The molecule has 1 N–H and O–H groups in total. The van der Waals surface area contributed by atoms with E-state index in [1.54, 1.807) is 26.0 Å². The number of aliphatic hydroxyl groups is 1. The molecular weight excluding hydrogens is 155 g/mol. The summed E-state index contributed by atoms with van der Waals surface area (Å²) in [4.78, 5) is 0. The third kappa shape index (κ3) is 3.01. The Bertz CT molecular complexity index is 263. The summed E-state index contributed by atoms with van der Waals surface area (Å²) >= 11 is 0. The van der Waals surface area contributed by atoms with Gasteiger partial charge in [-0.15, -0.1) is 0 Å². The Labute approximate surface area is 71.9 Å². The highest BCUT2D eigenvalue weighted by Gasteiger charge is 2.13. The highest BCUT2D eigenvalue weighted by molar-refractivity contribution is 5.17. The zero-order valence-corrected chi connectivity index (χ0v) is 7.34. The number of hydrogen-bond donors (Lipinski definition) is 1. The second kappa shape index (κ2) is 3.23.